The molecule has 29 heavy (non-hydrogen) atoms. The van der Waals surface area contributed by atoms with Crippen LogP contribution in [0.5, 0.6) is 5.75 Å². The van der Waals surface area contributed by atoms with E-state index in [9.17, 15) is 9.59 Å². The summed E-state index contributed by atoms with van der Waals surface area (Å²) in [5, 5.41) is 8.11. The van der Waals surface area contributed by atoms with Gasteiger partial charge in [0, 0.05) is 30.0 Å². The number of methoxy groups -OCH3 is 1. The number of carbonyl (C=O) groups is 2. The molecule has 2 amide bonds. The molecule has 0 aliphatic rings. The lowest BCUT2D eigenvalue weighted by molar-refractivity contribution is -0.118. The number of benzene rings is 2. The Balaban J connectivity index is 1.59. The Kier molecular flexibility index (Phi) is 6.97. The highest BCUT2D eigenvalue weighted by Crippen LogP contribution is 2.26. The van der Waals surface area contributed by atoms with Crippen molar-refractivity contribution in [2.24, 2.45) is 0 Å². The van der Waals surface area contributed by atoms with Crippen LogP contribution >= 0.6 is 11.3 Å². The van der Waals surface area contributed by atoms with Crippen molar-refractivity contribution in [3.05, 3.63) is 65.0 Å². The average molecular weight is 410 g/mol. The maximum absolute atomic E-state index is 12.4. The standard InChI is InChI=1S/C22H23N3O3S/c1-15(26)23-12-4-5-16-8-10-17(11-9-16)20-14-29-22(24-20)25-21(27)18-6-3-7-19(13-18)28-2/h3,6-11,13-14H,4-5,12H2,1-2H3,(H,23,26)(H,24,25,27). The largest absolute Gasteiger partial charge is 0.497 e. The highest BCUT2D eigenvalue weighted by atomic mass is 32.1. The van der Waals surface area contributed by atoms with Crippen molar-refractivity contribution in [1.82, 2.24) is 10.3 Å². The van der Waals surface area contributed by atoms with Gasteiger partial charge in [0.25, 0.3) is 5.91 Å². The minimum atomic E-state index is -0.223. The molecule has 150 valence electrons. The van der Waals surface area contributed by atoms with Gasteiger partial charge in [-0.3, -0.25) is 14.9 Å². The van der Waals surface area contributed by atoms with E-state index in [0.717, 1.165) is 24.1 Å². The van der Waals surface area contributed by atoms with Gasteiger partial charge in [0.1, 0.15) is 5.75 Å². The molecule has 3 aromatic rings. The molecule has 0 unspecified atom stereocenters. The summed E-state index contributed by atoms with van der Waals surface area (Å²) in [5.41, 5.74) is 3.54. The van der Waals surface area contributed by atoms with Gasteiger partial charge < -0.3 is 10.1 Å². The van der Waals surface area contributed by atoms with Crippen LogP contribution in [-0.4, -0.2) is 30.5 Å². The lowest BCUT2D eigenvalue weighted by atomic mass is 10.1. The number of hydrogen-bond donors (Lipinski definition) is 2. The van der Waals surface area contributed by atoms with Crippen molar-refractivity contribution in [1.29, 1.82) is 0 Å². The van der Waals surface area contributed by atoms with E-state index in [1.54, 1.807) is 31.4 Å². The van der Waals surface area contributed by atoms with Gasteiger partial charge in [-0.2, -0.15) is 0 Å². The predicted molar refractivity (Wildman–Crippen MR) is 116 cm³/mol. The summed E-state index contributed by atoms with van der Waals surface area (Å²) in [6.07, 6.45) is 1.80. The van der Waals surface area contributed by atoms with Gasteiger partial charge in [0.2, 0.25) is 5.91 Å². The Hall–Kier alpha value is -3.19. The fraction of sp³-hybridized carbons (Fsp3) is 0.227. The monoisotopic (exact) mass is 409 g/mol. The van der Waals surface area contributed by atoms with Crippen LogP contribution in [0.3, 0.4) is 0 Å². The summed E-state index contributed by atoms with van der Waals surface area (Å²) in [7, 11) is 1.57. The van der Waals surface area contributed by atoms with E-state index in [-0.39, 0.29) is 11.8 Å². The molecular formula is C22H23N3O3S. The lowest BCUT2D eigenvalue weighted by Gasteiger charge is -2.05. The van der Waals surface area contributed by atoms with Crippen LogP contribution in [0.25, 0.3) is 11.3 Å². The van der Waals surface area contributed by atoms with Crippen LogP contribution in [0.4, 0.5) is 5.13 Å². The Morgan fingerprint density at radius 3 is 2.66 bits per heavy atom. The number of nitrogens with one attached hydrogen (secondary N) is 2. The third kappa shape index (κ3) is 5.89. The van der Waals surface area contributed by atoms with Gasteiger partial charge >= 0.3 is 0 Å². The van der Waals surface area contributed by atoms with E-state index in [4.69, 9.17) is 4.74 Å². The highest BCUT2D eigenvalue weighted by molar-refractivity contribution is 7.14. The molecule has 0 radical (unpaired) electrons. The molecule has 2 N–H and O–H groups in total. The van der Waals surface area contributed by atoms with E-state index in [1.165, 1.54) is 23.8 Å². The number of nitrogens with zero attached hydrogens (tertiary/aromatic N) is 1. The van der Waals surface area contributed by atoms with Gasteiger partial charge in [0.05, 0.1) is 12.8 Å². The molecule has 1 aromatic heterocycles. The molecule has 3 rings (SSSR count). The van der Waals surface area contributed by atoms with Crippen LogP contribution < -0.4 is 15.4 Å². The van der Waals surface area contributed by atoms with Crippen molar-refractivity contribution < 1.29 is 14.3 Å². The number of anilines is 1. The van der Waals surface area contributed by atoms with Gasteiger partial charge in [-0.05, 0) is 36.6 Å². The molecule has 0 fully saturated rings. The Morgan fingerprint density at radius 1 is 1.14 bits per heavy atom. The first-order valence-corrected chi connectivity index (χ1v) is 10.2. The number of aromatic nitrogens is 1. The number of thiazole rings is 1. The molecule has 1 heterocycles. The van der Waals surface area contributed by atoms with Crippen LogP contribution in [0.1, 0.15) is 29.3 Å². The van der Waals surface area contributed by atoms with Crippen molar-refractivity contribution in [3.63, 3.8) is 0 Å². The minimum Gasteiger partial charge on any atom is -0.497 e. The second kappa shape index (κ2) is 9.84. The Labute approximate surface area is 173 Å². The number of rotatable bonds is 8. The maximum Gasteiger partial charge on any atom is 0.257 e. The molecule has 0 saturated heterocycles. The quantitative estimate of drug-likeness (QED) is 0.548. The van der Waals surface area contributed by atoms with Crippen molar-refractivity contribution >= 4 is 28.3 Å². The third-order valence-corrected chi connectivity index (χ3v) is 5.08. The first-order valence-electron chi connectivity index (χ1n) is 9.30. The second-order valence-electron chi connectivity index (χ2n) is 6.51. The number of carbonyl (C=O) groups excluding carboxylic acids is 2. The Morgan fingerprint density at radius 2 is 1.93 bits per heavy atom. The number of amides is 2. The average Bonchev–Trinajstić information content (AvgIpc) is 3.20. The molecule has 0 atom stereocenters. The third-order valence-electron chi connectivity index (χ3n) is 4.32. The first-order chi connectivity index (χ1) is 14.0. The minimum absolute atomic E-state index is 0.00169. The molecule has 7 heteroatoms. The van der Waals surface area contributed by atoms with Gasteiger partial charge in [-0.1, -0.05) is 30.3 Å². The Bertz CT molecular complexity index is 983. The summed E-state index contributed by atoms with van der Waals surface area (Å²) in [4.78, 5) is 27.8. The maximum atomic E-state index is 12.4. The van der Waals surface area contributed by atoms with E-state index in [2.05, 4.69) is 27.8 Å². The van der Waals surface area contributed by atoms with E-state index in [0.29, 0.717) is 23.0 Å². The van der Waals surface area contributed by atoms with Crippen LogP contribution in [-0.2, 0) is 11.2 Å². The zero-order chi connectivity index (χ0) is 20.6. The number of ether oxygens (including phenoxy) is 1. The van der Waals surface area contributed by atoms with Crippen molar-refractivity contribution in [3.8, 4) is 17.0 Å². The van der Waals surface area contributed by atoms with Gasteiger partial charge in [-0.25, -0.2) is 4.98 Å². The van der Waals surface area contributed by atoms with Crippen molar-refractivity contribution in [2.45, 2.75) is 19.8 Å². The molecular weight excluding hydrogens is 386 g/mol. The van der Waals surface area contributed by atoms with Gasteiger partial charge in [0.15, 0.2) is 5.13 Å². The van der Waals surface area contributed by atoms with Crippen LogP contribution in [0.15, 0.2) is 53.9 Å². The van der Waals surface area contributed by atoms with Crippen LogP contribution in [0, 0.1) is 0 Å². The van der Waals surface area contributed by atoms with Crippen LogP contribution in [0.2, 0.25) is 0 Å². The summed E-state index contributed by atoms with van der Waals surface area (Å²) >= 11 is 1.39. The van der Waals surface area contributed by atoms with E-state index < -0.39 is 0 Å². The molecule has 0 aliphatic heterocycles. The molecule has 0 saturated carbocycles. The van der Waals surface area contributed by atoms with Gasteiger partial charge in [-0.15, -0.1) is 11.3 Å². The normalized spacial score (nSPS) is 10.4. The topological polar surface area (TPSA) is 80.3 Å². The molecule has 6 nitrogen and oxygen atoms in total. The summed E-state index contributed by atoms with van der Waals surface area (Å²) in [6.45, 7) is 2.20. The predicted octanol–water partition coefficient (Wildman–Crippen LogP) is 4.14. The zero-order valence-corrected chi connectivity index (χ0v) is 17.2. The first kappa shape index (κ1) is 20.5. The highest BCUT2D eigenvalue weighted by Gasteiger charge is 2.11. The lowest BCUT2D eigenvalue weighted by Crippen LogP contribution is -2.21. The van der Waals surface area contributed by atoms with E-state index >= 15 is 0 Å². The SMILES string of the molecule is COc1cccc(C(=O)Nc2nc(-c3ccc(CCCNC(C)=O)cc3)cs2)c1. The summed E-state index contributed by atoms with van der Waals surface area (Å²) in [6, 6.07) is 15.2. The smallest absolute Gasteiger partial charge is 0.257 e. The molecule has 0 spiro atoms. The number of aryl methyl sites for hydroxylation is 1. The molecule has 0 bridgehead atoms. The number of hydrogen-bond acceptors (Lipinski definition) is 5. The molecule has 2 aromatic carbocycles. The second-order valence-corrected chi connectivity index (χ2v) is 7.37. The zero-order valence-electron chi connectivity index (χ0n) is 16.4. The summed E-state index contributed by atoms with van der Waals surface area (Å²) in [5.74, 6) is 0.409. The van der Waals surface area contributed by atoms with Crippen molar-refractivity contribution in [2.75, 3.05) is 19.0 Å². The fourth-order valence-electron chi connectivity index (χ4n) is 2.80. The van der Waals surface area contributed by atoms with E-state index in [1.807, 2.05) is 17.5 Å². The summed E-state index contributed by atoms with van der Waals surface area (Å²) < 4.78 is 5.16. The fourth-order valence-corrected chi connectivity index (χ4v) is 3.51. The molecule has 0 aliphatic carbocycles.